The van der Waals surface area contributed by atoms with Crippen LogP contribution in [0.15, 0.2) is 16.8 Å². The second kappa shape index (κ2) is 5.87. The Morgan fingerprint density at radius 3 is 2.95 bits per heavy atom. The minimum atomic E-state index is 0.261. The van der Waals surface area contributed by atoms with Gasteiger partial charge in [-0.05, 0) is 32.2 Å². The molecule has 3 rings (SSSR count). The summed E-state index contributed by atoms with van der Waals surface area (Å²) in [5.74, 6) is 1.66. The van der Waals surface area contributed by atoms with Crippen LogP contribution in [0, 0.1) is 5.92 Å². The number of piperidine rings is 1. The van der Waals surface area contributed by atoms with Crippen molar-refractivity contribution in [3.63, 3.8) is 0 Å². The van der Waals surface area contributed by atoms with E-state index in [2.05, 4.69) is 10.1 Å². The highest BCUT2D eigenvalue weighted by molar-refractivity contribution is 5.82. The molecular formula is C15H22N2O2. The molecular weight excluding hydrogens is 240 g/mol. The molecule has 0 bridgehead atoms. The van der Waals surface area contributed by atoms with E-state index >= 15 is 0 Å². The van der Waals surface area contributed by atoms with Crippen molar-refractivity contribution in [2.45, 2.75) is 57.5 Å². The Labute approximate surface area is 114 Å². The highest BCUT2D eigenvalue weighted by Crippen LogP contribution is 2.32. The highest BCUT2D eigenvalue weighted by atomic mass is 16.5. The molecule has 0 amide bonds. The molecule has 1 aliphatic carbocycles. The van der Waals surface area contributed by atoms with Gasteiger partial charge in [-0.1, -0.05) is 18.0 Å². The molecule has 4 heteroatoms. The Hall–Kier alpha value is -1.16. The van der Waals surface area contributed by atoms with Gasteiger partial charge in [0.25, 0.3) is 0 Å². The second-order valence-corrected chi connectivity index (χ2v) is 5.83. The SMILES string of the molecule is O=C1CCCCC1C1CCCCN1Cc1ccno1. The minimum Gasteiger partial charge on any atom is -0.360 e. The van der Waals surface area contributed by atoms with Crippen molar-refractivity contribution < 1.29 is 9.32 Å². The summed E-state index contributed by atoms with van der Waals surface area (Å²) in [5, 5.41) is 3.77. The molecule has 2 heterocycles. The molecule has 104 valence electrons. The molecule has 19 heavy (non-hydrogen) atoms. The van der Waals surface area contributed by atoms with Crippen LogP contribution in [0.5, 0.6) is 0 Å². The van der Waals surface area contributed by atoms with Crippen molar-refractivity contribution in [1.82, 2.24) is 10.1 Å². The first kappa shape index (κ1) is 12.9. The number of aromatic nitrogens is 1. The number of ketones is 1. The summed E-state index contributed by atoms with van der Waals surface area (Å²) in [6, 6.07) is 2.35. The van der Waals surface area contributed by atoms with E-state index in [1.165, 1.54) is 19.3 Å². The number of carbonyl (C=O) groups excluding carboxylic acids is 1. The van der Waals surface area contributed by atoms with E-state index in [-0.39, 0.29) is 5.92 Å². The maximum absolute atomic E-state index is 12.2. The van der Waals surface area contributed by atoms with E-state index in [1.807, 2.05) is 6.07 Å². The van der Waals surface area contributed by atoms with Gasteiger partial charge in [-0.15, -0.1) is 0 Å². The number of hydrogen-bond acceptors (Lipinski definition) is 4. The summed E-state index contributed by atoms with van der Waals surface area (Å²) in [4.78, 5) is 14.6. The van der Waals surface area contributed by atoms with Crippen LogP contribution in [-0.4, -0.2) is 28.4 Å². The number of nitrogens with zero attached hydrogens (tertiary/aromatic N) is 2. The fraction of sp³-hybridized carbons (Fsp3) is 0.733. The van der Waals surface area contributed by atoms with Gasteiger partial charge in [0, 0.05) is 24.4 Å². The number of Topliss-reactive ketones (excluding diaryl/α,β-unsaturated/α-hetero) is 1. The first-order chi connectivity index (χ1) is 9.34. The van der Waals surface area contributed by atoms with E-state index in [0.717, 1.165) is 44.5 Å². The average molecular weight is 262 g/mol. The zero-order valence-corrected chi connectivity index (χ0v) is 11.4. The van der Waals surface area contributed by atoms with Gasteiger partial charge in [0.2, 0.25) is 0 Å². The molecule has 0 radical (unpaired) electrons. The zero-order valence-electron chi connectivity index (χ0n) is 11.4. The van der Waals surface area contributed by atoms with Crippen LogP contribution in [0.25, 0.3) is 0 Å². The summed E-state index contributed by atoms with van der Waals surface area (Å²) in [5.41, 5.74) is 0. The Kier molecular flexibility index (Phi) is 3.97. The fourth-order valence-electron chi connectivity index (χ4n) is 3.61. The van der Waals surface area contributed by atoms with Gasteiger partial charge in [-0.2, -0.15) is 0 Å². The van der Waals surface area contributed by atoms with E-state index < -0.39 is 0 Å². The van der Waals surface area contributed by atoms with Crippen LogP contribution in [-0.2, 0) is 11.3 Å². The van der Waals surface area contributed by atoms with Gasteiger partial charge in [-0.25, -0.2) is 0 Å². The summed E-state index contributed by atoms with van der Waals surface area (Å²) in [7, 11) is 0. The maximum atomic E-state index is 12.2. The fourth-order valence-corrected chi connectivity index (χ4v) is 3.61. The Balaban J connectivity index is 1.71. The predicted molar refractivity (Wildman–Crippen MR) is 71.5 cm³/mol. The summed E-state index contributed by atoms with van der Waals surface area (Å²) >= 11 is 0. The van der Waals surface area contributed by atoms with Crippen LogP contribution in [0.4, 0.5) is 0 Å². The zero-order chi connectivity index (χ0) is 13.1. The first-order valence-corrected chi connectivity index (χ1v) is 7.51. The van der Waals surface area contributed by atoms with E-state index in [4.69, 9.17) is 4.52 Å². The van der Waals surface area contributed by atoms with Crippen LogP contribution < -0.4 is 0 Å². The van der Waals surface area contributed by atoms with E-state index in [9.17, 15) is 4.79 Å². The monoisotopic (exact) mass is 262 g/mol. The molecule has 2 unspecified atom stereocenters. The molecule has 1 aliphatic heterocycles. The topological polar surface area (TPSA) is 46.3 Å². The Morgan fingerprint density at radius 2 is 2.16 bits per heavy atom. The summed E-state index contributed by atoms with van der Waals surface area (Å²) in [6.07, 6.45) is 9.50. The van der Waals surface area contributed by atoms with Crippen molar-refractivity contribution in [3.8, 4) is 0 Å². The van der Waals surface area contributed by atoms with Crippen molar-refractivity contribution >= 4 is 5.78 Å². The lowest BCUT2D eigenvalue weighted by Crippen LogP contribution is -2.46. The number of hydrogen-bond donors (Lipinski definition) is 0. The minimum absolute atomic E-state index is 0.261. The van der Waals surface area contributed by atoms with E-state index in [0.29, 0.717) is 11.8 Å². The number of likely N-dealkylation sites (tertiary alicyclic amines) is 1. The van der Waals surface area contributed by atoms with Crippen LogP contribution in [0.2, 0.25) is 0 Å². The molecule has 0 aromatic carbocycles. The molecule has 0 spiro atoms. The van der Waals surface area contributed by atoms with Gasteiger partial charge in [0.15, 0.2) is 5.76 Å². The highest BCUT2D eigenvalue weighted by Gasteiger charge is 2.35. The molecule has 2 aliphatic rings. The lowest BCUT2D eigenvalue weighted by Gasteiger charge is -2.40. The maximum Gasteiger partial charge on any atom is 0.150 e. The van der Waals surface area contributed by atoms with Gasteiger partial charge in [0.05, 0.1) is 12.7 Å². The molecule has 1 saturated carbocycles. The number of rotatable bonds is 3. The lowest BCUT2D eigenvalue weighted by molar-refractivity contribution is -0.128. The van der Waals surface area contributed by atoms with Crippen molar-refractivity contribution in [2.75, 3.05) is 6.54 Å². The van der Waals surface area contributed by atoms with Crippen molar-refractivity contribution in [2.24, 2.45) is 5.92 Å². The van der Waals surface area contributed by atoms with E-state index in [1.54, 1.807) is 6.20 Å². The third-order valence-corrected chi connectivity index (χ3v) is 4.58. The normalized spacial score (nSPS) is 29.6. The van der Waals surface area contributed by atoms with Crippen LogP contribution >= 0.6 is 0 Å². The standard InChI is InChI=1S/C15H22N2O2/c18-15-7-2-1-5-13(15)14-6-3-4-10-17(14)11-12-8-9-16-19-12/h8-9,13-14H,1-7,10-11H2. The second-order valence-electron chi connectivity index (χ2n) is 5.83. The molecule has 1 saturated heterocycles. The Morgan fingerprint density at radius 1 is 1.26 bits per heavy atom. The third-order valence-electron chi connectivity index (χ3n) is 4.58. The van der Waals surface area contributed by atoms with Gasteiger partial charge in [0.1, 0.15) is 5.78 Å². The average Bonchev–Trinajstić information content (AvgIpc) is 2.93. The first-order valence-electron chi connectivity index (χ1n) is 7.51. The largest absolute Gasteiger partial charge is 0.360 e. The van der Waals surface area contributed by atoms with Gasteiger partial charge < -0.3 is 4.52 Å². The molecule has 2 fully saturated rings. The van der Waals surface area contributed by atoms with Gasteiger partial charge in [-0.3, -0.25) is 9.69 Å². The van der Waals surface area contributed by atoms with Crippen molar-refractivity contribution in [1.29, 1.82) is 0 Å². The molecule has 2 atom stereocenters. The smallest absolute Gasteiger partial charge is 0.150 e. The quantitative estimate of drug-likeness (QED) is 0.840. The summed E-state index contributed by atoms with van der Waals surface area (Å²) in [6.45, 7) is 1.88. The number of carbonyl (C=O) groups is 1. The predicted octanol–water partition coefficient (Wildman–Crippen LogP) is 2.79. The van der Waals surface area contributed by atoms with Crippen molar-refractivity contribution in [3.05, 3.63) is 18.0 Å². The molecule has 4 nitrogen and oxygen atoms in total. The molecule has 0 N–H and O–H groups in total. The molecule has 1 aromatic heterocycles. The molecule has 1 aromatic rings. The summed E-state index contributed by atoms with van der Waals surface area (Å²) < 4.78 is 5.22. The third kappa shape index (κ3) is 2.89. The van der Waals surface area contributed by atoms with Gasteiger partial charge >= 0.3 is 0 Å². The lowest BCUT2D eigenvalue weighted by atomic mass is 9.79. The Bertz CT molecular complexity index is 416. The van der Waals surface area contributed by atoms with Crippen LogP contribution in [0.1, 0.15) is 50.7 Å². The van der Waals surface area contributed by atoms with Crippen LogP contribution in [0.3, 0.4) is 0 Å².